The van der Waals surface area contributed by atoms with E-state index in [0.29, 0.717) is 10.8 Å². The van der Waals surface area contributed by atoms with E-state index in [-0.39, 0.29) is 12.5 Å². The summed E-state index contributed by atoms with van der Waals surface area (Å²) in [7, 11) is 3.44. The van der Waals surface area contributed by atoms with Crippen molar-refractivity contribution in [1.29, 1.82) is 0 Å². The highest BCUT2D eigenvalue weighted by atomic mass is 35.5. The average molecular weight is 257 g/mol. The number of amides is 1. The number of nitrogens with two attached hydrogens (primary N) is 1. The molecule has 0 fully saturated rings. The molecule has 94 valence electrons. The number of halogens is 1. The molecule has 1 aromatic carbocycles. The zero-order chi connectivity index (χ0) is 12.8. The van der Waals surface area contributed by atoms with Gasteiger partial charge in [0, 0.05) is 6.54 Å². The van der Waals surface area contributed by atoms with Crippen molar-refractivity contribution in [1.82, 2.24) is 4.90 Å². The summed E-state index contributed by atoms with van der Waals surface area (Å²) < 4.78 is 5.07. The quantitative estimate of drug-likeness (QED) is 0.835. The van der Waals surface area contributed by atoms with Crippen LogP contribution in [0, 0.1) is 0 Å². The third-order valence-corrected chi connectivity index (χ3v) is 2.72. The lowest BCUT2D eigenvalue weighted by molar-refractivity contribution is -0.118. The number of nitrogens with zero attached hydrogens (tertiary/aromatic N) is 1. The van der Waals surface area contributed by atoms with Crippen LogP contribution in [-0.2, 0) is 11.2 Å². The van der Waals surface area contributed by atoms with Crippen molar-refractivity contribution in [3.8, 4) is 5.75 Å². The highest BCUT2D eigenvalue weighted by Gasteiger charge is 2.05. The number of primary amides is 1. The van der Waals surface area contributed by atoms with Crippen molar-refractivity contribution in [2.75, 3.05) is 27.2 Å². The Labute approximate surface area is 106 Å². The molecule has 0 saturated carbocycles. The fraction of sp³-hybridized carbons (Fsp3) is 0.417. The molecule has 0 aliphatic heterocycles. The van der Waals surface area contributed by atoms with Gasteiger partial charge in [0.25, 0.3) is 0 Å². The van der Waals surface area contributed by atoms with Gasteiger partial charge in [-0.15, -0.1) is 0 Å². The van der Waals surface area contributed by atoms with Gasteiger partial charge in [-0.25, -0.2) is 0 Å². The molecule has 5 heteroatoms. The Balaban J connectivity index is 2.52. The Morgan fingerprint density at radius 3 is 2.76 bits per heavy atom. The lowest BCUT2D eigenvalue weighted by Crippen LogP contribution is -2.32. The monoisotopic (exact) mass is 256 g/mol. The predicted molar refractivity (Wildman–Crippen MR) is 68.4 cm³/mol. The molecular weight excluding hydrogens is 240 g/mol. The first-order valence-corrected chi connectivity index (χ1v) is 5.70. The molecule has 0 aliphatic rings. The van der Waals surface area contributed by atoms with E-state index in [9.17, 15) is 4.79 Å². The molecule has 17 heavy (non-hydrogen) atoms. The van der Waals surface area contributed by atoms with Crippen molar-refractivity contribution in [3.63, 3.8) is 0 Å². The van der Waals surface area contributed by atoms with Gasteiger partial charge in [-0.05, 0) is 31.2 Å². The third-order valence-electron chi connectivity index (χ3n) is 2.42. The van der Waals surface area contributed by atoms with Crippen LogP contribution < -0.4 is 10.5 Å². The molecular formula is C12H17ClN2O2. The third kappa shape index (κ3) is 4.63. The maximum absolute atomic E-state index is 10.7. The van der Waals surface area contributed by atoms with Gasteiger partial charge in [0.1, 0.15) is 5.75 Å². The van der Waals surface area contributed by atoms with E-state index in [0.717, 1.165) is 18.5 Å². The summed E-state index contributed by atoms with van der Waals surface area (Å²) in [6.45, 7) is 1.02. The number of carbonyl (C=O) groups is 1. The lowest BCUT2D eigenvalue weighted by Gasteiger charge is -2.14. The highest BCUT2D eigenvalue weighted by Crippen LogP contribution is 2.25. The molecule has 4 nitrogen and oxygen atoms in total. The van der Waals surface area contributed by atoms with Gasteiger partial charge < -0.3 is 10.5 Å². The summed E-state index contributed by atoms with van der Waals surface area (Å²) in [5.74, 6) is 0.348. The van der Waals surface area contributed by atoms with Crippen LogP contribution in [-0.4, -0.2) is 38.1 Å². The van der Waals surface area contributed by atoms with Crippen LogP contribution in [0.4, 0.5) is 0 Å². The molecule has 0 spiro atoms. The zero-order valence-corrected chi connectivity index (χ0v) is 10.8. The number of benzene rings is 1. The van der Waals surface area contributed by atoms with E-state index in [2.05, 4.69) is 0 Å². The van der Waals surface area contributed by atoms with Gasteiger partial charge in [-0.2, -0.15) is 0 Å². The molecule has 1 amide bonds. The Morgan fingerprint density at radius 2 is 2.24 bits per heavy atom. The van der Waals surface area contributed by atoms with E-state index in [1.807, 2.05) is 30.1 Å². The Morgan fingerprint density at radius 1 is 1.53 bits per heavy atom. The number of rotatable bonds is 6. The van der Waals surface area contributed by atoms with Crippen molar-refractivity contribution >= 4 is 17.5 Å². The summed E-state index contributed by atoms with van der Waals surface area (Å²) in [6.07, 6.45) is 0.813. The number of methoxy groups -OCH3 is 1. The normalized spacial score (nSPS) is 10.6. The van der Waals surface area contributed by atoms with Crippen LogP contribution in [0.25, 0.3) is 0 Å². The van der Waals surface area contributed by atoms with E-state index >= 15 is 0 Å². The van der Waals surface area contributed by atoms with Crippen LogP contribution in [0.3, 0.4) is 0 Å². The topological polar surface area (TPSA) is 55.6 Å². The predicted octanol–water partition coefficient (Wildman–Crippen LogP) is 1.31. The van der Waals surface area contributed by atoms with Crippen LogP contribution in [0.5, 0.6) is 5.75 Å². The van der Waals surface area contributed by atoms with E-state index in [4.69, 9.17) is 22.1 Å². The first-order valence-electron chi connectivity index (χ1n) is 5.32. The van der Waals surface area contributed by atoms with Gasteiger partial charge in [0.05, 0.1) is 18.7 Å². The fourth-order valence-electron chi connectivity index (χ4n) is 1.53. The standard InChI is InChI=1S/C12H17ClN2O2/c1-15(8-12(14)16)6-5-9-3-4-11(17-2)10(13)7-9/h3-4,7H,5-6,8H2,1-2H3,(H2,14,16). The Bertz CT molecular complexity index is 396. The number of carbonyl (C=O) groups excluding carboxylic acids is 1. The van der Waals surface area contributed by atoms with E-state index < -0.39 is 0 Å². The maximum Gasteiger partial charge on any atom is 0.231 e. The van der Waals surface area contributed by atoms with Crippen LogP contribution >= 0.6 is 11.6 Å². The molecule has 1 rings (SSSR count). The molecule has 2 N–H and O–H groups in total. The van der Waals surface area contributed by atoms with Crippen molar-refractivity contribution in [3.05, 3.63) is 28.8 Å². The molecule has 0 heterocycles. The summed E-state index contributed by atoms with van der Waals surface area (Å²) in [5.41, 5.74) is 6.21. The van der Waals surface area contributed by atoms with Gasteiger partial charge in [-0.1, -0.05) is 17.7 Å². The number of hydrogen-bond donors (Lipinski definition) is 1. The molecule has 0 aromatic heterocycles. The van der Waals surface area contributed by atoms with E-state index in [1.54, 1.807) is 7.11 Å². The first-order chi connectivity index (χ1) is 8.02. The van der Waals surface area contributed by atoms with Gasteiger partial charge >= 0.3 is 0 Å². The van der Waals surface area contributed by atoms with Gasteiger partial charge in [-0.3, -0.25) is 9.69 Å². The van der Waals surface area contributed by atoms with Crippen LogP contribution in [0.2, 0.25) is 5.02 Å². The summed E-state index contributed by atoms with van der Waals surface area (Å²) >= 11 is 6.02. The summed E-state index contributed by atoms with van der Waals surface area (Å²) in [4.78, 5) is 12.6. The zero-order valence-electron chi connectivity index (χ0n) is 10.1. The Kier molecular flexibility index (Phi) is 5.25. The second-order valence-electron chi connectivity index (χ2n) is 3.92. The molecule has 1 aromatic rings. The minimum atomic E-state index is -0.319. The van der Waals surface area contributed by atoms with Crippen LogP contribution in [0.15, 0.2) is 18.2 Å². The summed E-state index contributed by atoms with van der Waals surface area (Å²) in [6, 6.07) is 5.67. The van der Waals surface area contributed by atoms with Gasteiger partial charge in [0.2, 0.25) is 5.91 Å². The van der Waals surface area contributed by atoms with E-state index in [1.165, 1.54) is 0 Å². The fourth-order valence-corrected chi connectivity index (χ4v) is 1.81. The first kappa shape index (κ1) is 13.8. The molecule has 0 unspecified atom stereocenters. The minimum absolute atomic E-state index is 0.268. The largest absolute Gasteiger partial charge is 0.495 e. The number of ether oxygens (including phenoxy) is 1. The van der Waals surface area contributed by atoms with Crippen molar-refractivity contribution in [2.45, 2.75) is 6.42 Å². The summed E-state index contributed by atoms with van der Waals surface area (Å²) in [5, 5.41) is 0.600. The Hall–Kier alpha value is -1.26. The molecule has 0 atom stereocenters. The average Bonchev–Trinajstić information content (AvgIpc) is 2.25. The SMILES string of the molecule is COc1ccc(CCN(C)CC(N)=O)cc1Cl. The maximum atomic E-state index is 10.7. The van der Waals surface area contributed by atoms with Gasteiger partial charge in [0.15, 0.2) is 0 Å². The highest BCUT2D eigenvalue weighted by molar-refractivity contribution is 6.32. The molecule has 0 saturated heterocycles. The smallest absolute Gasteiger partial charge is 0.231 e. The molecule has 0 bridgehead atoms. The second kappa shape index (κ2) is 6.47. The second-order valence-corrected chi connectivity index (χ2v) is 4.33. The van der Waals surface area contributed by atoms with Crippen molar-refractivity contribution < 1.29 is 9.53 Å². The number of hydrogen-bond acceptors (Lipinski definition) is 3. The lowest BCUT2D eigenvalue weighted by atomic mass is 10.1. The minimum Gasteiger partial charge on any atom is -0.495 e. The molecule has 0 radical (unpaired) electrons. The number of likely N-dealkylation sites (N-methyl/N-ethyl adjacent to an activating group) is 1. The molecule has 0 aliphatic carbocycles. The van der Waals surface area contributed by atoms with Crippen LogP contribution in [0.1, 0.15) is 5.56 Å². The van der Waals surface area contributed by atoms with Crippen molar-refractivity contribution in [2.24, 2.45) is 5.73 Å².